The summed E-state index contributed by atoms with van der Waals surface area (Å²) in [4.78, 5) is 12.3. The molecule has 4 fully saturated rings. The van der Waals surface area contributed by atoms with E-state index in [1.807, 2.05) is 0 Å². The van der Waals surface area contributed by atoms with Crippen LogP contribution in [0.5, 0.6) is 0 Å². The van der Waals surface area contributed by atoms with Crippen LogP contribution in [-0.2, 0) is 4.79 Å². The van der Waals surface area contributed by atoms with E-state index in [0.29, 0.717) is 17.6 Å². The molecule has 0 N–H and O–H groups in total. The minimum atomic E-state index is -0.533. The molecule has 2 heteroatoms. The summed E-state index contributed by atoms with van der Waals surface area (Å²) < 4.78 is 13.7. The molecule has 4 aliphatic carbocycles. The van der Waals surface area contributed by atoms with E-state index in [9.17, 15) is 9.18 Å². The maximum atomic E-state index is 13.7. The second-order valence-electron chi connectivity index (χ2n) is 8.26. The monoisotopic (exact) mass is 278 g/mol. The van der Waals surface area contributed by atoms with Crippen LogP contribution in [0.3, 0.4) is 0 Å². The van der Waals surface area contributed by atoms with Crippen molar-refractivity contribution in [1.29, 1.82) is 0 Å². The van der Waals surface area contributed by atoms with E-state index < -0.39 is 6.17 Å². The van der Waals surface area contributed by atoms with E-state index in [1.54, 1.807) is 0 Å². The highest BCUT2D eigenvalue weighted by atomic mass is 19.1. The van der Waals surface area contributed by atoms with Gasteiger partial charge >= 0.3 is 0 Å². The van der Waals surface area contributed by atoms with Gasteiger partial charge in [0.05, 0.1) is 0 Å². The molecule has 0 aromatic heterocycles. The third-order valence-corrected chi connectivity index (χ3v) is 7.60. The minimum absolute atomic E-state index is 0.00525. The summed E-state index contributed by atoms with van der Waals surface area (Å²) in [5.41, 5.74) is 0.00525. The molecule has 4 rings (SSSR count). The summed E-state index contributed by atoms with van der Waals surface area (Å²) in [6.07, 6.45) is 9.02. The van der Waals surface area contributed by atoms with Gasteiger partial charge in [-0.3, -0.25) is 4.79 Å². The van der Waals surface area contributed by atoms with Crippen molar-refractivity contribution < 1.29 is 9.18 Å². The Hall–Kier alpha value is -0.400. The second-order valence-corrected chi connectivity index (χ2v) is 8.26. The summed E-state index contributed by atoms with van der Waals surface area (Å²) in [5, 5.41) is 0. The highest BCUT2D eigenvalue weighted by Gasteiger charge is 2.56. The lowest BCUT2D eigenvalue weighted by atomic mass is 9.50. The smallest absolute Gasteiger partial charge is 0.139 e. The van der Waals surface area contributed by atoms with E-state index in [1.165, 1.54) is 19.3 Å². The third-order valence-electron chi connectivity index (χ3n) is 7.60. The SMILES string of the molecule is CC12CCC3C(CC[C@H]4CC(F)CC[C@@H]34)C1CCC2=O. The van der Waals surface area contributed by atoms with Crippen molar-refractivity contribution in [2.75, 3.05) is 0 Å². The number of alkyl halides is 1. The number of hydrogen-bond donors (Lipinski definition) is 0. The first kappa shape index (κ1) is 13.3. The fourth-order valence-electron chi connectivity index (χ4n) is 6.57. The molecule has 0 saturated heterocycles. The van der Waals surface area contributed by atoms with Crippen LogP contribution in [0.4, 0.5) is 4.39 Å². The van der Waals surface area contributed by atoms with Crippen molar-refractivity contribution in [3.63, 3.8) is 0 Å². The fourth-order valence-corrected chi connectivity index (χ4v) is 6.57. The predicted molar refractivity (Wildman–Crippen MR) is 77.0 cm³/mol. The van der Waals surface area contributed by atoms with Crippen molar-refractivity contribution >= 4 is 5.78 Å². The Morgan fingerprint density at radius 2 is 1.80 bits per heavy atom. The number of halogens is 1. The Bertz CT molecular complexity index is 420. The number of carbonyl (C=O) groups is 1. The van der Waals surface area contributed by atoms with Gasteiger partial charge in [-0.15, -0.1) is 0 Å². The predicted octanol–water partition coefficient (Wildman–Crippen LogP) is 4.55. The molecule has 0 spiro atoms. The van der Waals surface area contributed by atoms with Crippen LogP contribution >= 0.6 is 0 Å². The van der Waals surface area contributed by atoms with Gasteiger partial charge in [-0.1, -0.05) is 6.92 Å². The summed E-state index contributed by atoms with van der Waals surface area (Å²) in [6, 6.07) is 0. The number of fused-ring (bicyclic) bond motifs is 5. The van der Waals surface area contributed by atoms with Crippen LogP contribution in [0.1, 0.15) is 64.7 Å². The molecule has 0 heterocycles. The average molecular weight is 278 g/mol. The molecular formula is C18H27FO. The molecule has 0 bridgehead atoms. The van der Waals surface area contributed by atoms with Gasteiger partial charge in [0.2, 0.25) is 0 Å². The quantitative estimate of drug-likeness (QED) is 0.635. The van der Waals surface area contributed by atoms with Crippen LogP contribution in [0.25, 0.3) is 0 Å². The molecule has 0 amide bonds. The van der Waals surface area contributed by atoms with Gasteiger partial charge in [0.15, 0.2) is 0 Å². The fraction of sp³-hybridized carbons (Fsp3) is 0.944. The Morgan fingerprint density at radius 1 is 1.00 bits per heavy atom. The van der Waals surface area contributed by atoms with E-state index in [2.05, 4.69) is 6.92 Å². The van der Waals surface area contributed by atoms with Gasteiger partial charge in [0, 0.05) is 11.8 Å². The molecule has 20 heavy (non-hydrogen) atoms. The topological polar surface area (TPSA) is 17.1 Å². The van der Waals surface area contributed by atoms with Crippen LogP contribution in [0, 0.1) is 35.0 Å². The lowest BCUT2D eigenvalue weighted by Crippen LogP contribution is -2.48. The first-order chi connectivity index (χ1) is 9.59. The summed E-state index contributed by atoms with van der Waals surface area (Å²) in [6.45, 7) is 2.24. The molecule has 7 atom stereocenters. The summed E-state index contributed by atoms with van der Waals surface area (Å²) >= 11 is 0. The normalized spacial score (nSPS) is 55.0. The zero-order valence-electron chi connectivity index (χ0n) is 12.6. The molecular weight excluding hydrogens is 251 g/mol. The highest BCUT2D eigenvalue weighted by molar-refractivity contribution is 5.87. The van der Waals surface area contributed by atoms with E-state index in [-0.39, 0.29) is 5.41 Å². The van der Waals surface area contributed by atoms with E-state index in [4.69, 9.17) is 0 Å². The first-order valence-corrected chi connectivity index (χ1v) is 8.77. The van der Waals surface area contributed by atoms with Gasteiger partial charge in [-0.25, -0.2) is 4.39 Å². The number of hydrogen-bond acceptors (Lipinski definition) is 1. The van der Waals surface area contributed by atoms with E-state index in [0.717, 1.165) is 56.3 Å². The lowest BCUT2D eigenvalue weighted by molar-refractivity contribution is -0.133. The minimum Gasteiger partial charge on any atom is -0.299 e. The summed E-state index contributed by atoms with van der Waals surface area (Å²) in [5.74, 6) is 4.21. The maximum Gasteiger partial charge on any atom is 0.139 e. The van der Waals surface area contributed by atoms with Crippen LogP contribution in [0.2, 0.25) is 0 Å². The third kappa shape index (κ3) is 1.75. The van der Waals surface area contributed by atoms with Crippen molar-refractivity contribution in [2.24, 2.45) is 35.0 Å². The van der Waals surface area contributed by atoms with Crippen molar-refractivity contribution in [3.8, 4) is 0 Å². The van der Waals surface area contributed by atoms with Crippen LogP contribution in [-0.4, -0.2) is 12.0 Å². The Morgan fingerprint density at radius 3 is 2.65 bits per heavy atom. The Balaban J connectivity index is 1.58. The molecule has 5 unspecified atom stereocenters. The van der Waals surface area contributed by atoms with Gasteiger partial charge < -0.3 is 0 Å². The largest absolute Gasteiger partial charge is 0.299 e. The zero-order chi connectivity index (χ0) is 13.9. The zero-order valence-corrected chi connectivity index (χ0v) is 12.6. The molecule has 112 valence electrons. The van der Waals surface area contributed by atoms with Gasteiger partial charge in [-0.05, 0) is 81.0 Å². The number of ketones is 1. The van der Waals surface area contributed by atoms with Crippen LogP contribution < -0.4 is 0 Å². The molecule has 0 radical (unpaired) electrons. The van der Waals surface area contributed by atoms with Gasteiger partial charge in [0.25, 0.3) is 0 Å². The Kier molecular flexibility index (Phi) is 3.02. The molecule has 0 aliphatic heterocycles. The number of rotatable bonds is 0. The maximum absolute atomic E-state index is 13.7. The number of carbonyl (C=O) groups excluding carboxylic acids is 1. The standard InChI is InChI=1S/C18H27FO/c1-18-9-8-14-13-5-3-12(19)10-11(13)2-4-15(14)16(18)6-7-17(18)20/h11-16H,2-10H2,1H3/t11-,12?,13+,14?,15?,16?,18?/m0/s1. The van der Waals surface area contributed by atoms with Crippen molar-refractivity contribution in [3.05, 3.63) is 0 Å². The van der Waals surface area contributed by atoms with Crippen molar-refractivity contribution in [2.45, 2.75) is 70.9 Å². The molecule has 1 nitrogen and oxygen atoms in total. The molecule has 0 aromatic carbocycles. The van der Waals surface area contributed by atoms with Crippen LogP contribution in [0.15, 0.2) is 0 Å². The first-order valence-electron chi connectivity index (χ1n) is 8.77. The highest BCUT2D eigenvalue weighted by Crippen LogP contribution is 2.61. The Labute approximate surface area is 121 Å². The molecule has 4 aliphatic rings. The van der Waals surface area contributed by atoms with E-state index >= 15 is 0 Å². The van der Waals surface area contributed by atoms with Crippen molar-refractivity contribution in [1.82, 2.24) is 0 Å². The molecule has 4 saturated carbocycles. The average Bonchev–Trinajstić information content (AvgIpc) is 2.74. The molecule has 0 aromatic rings. The van der Waals surface area contributed by atoms with Gasteiger partial charge in [0.1, 0.15) is 12.0 Å². The summed E-state index contributed by atoms with van der Waals surface area (Å²) in [7, 11) is 0. The number of Topliss-reactive ketones (excluding diaryl/α,β-unsaturated/α-hetero) is 1. The second kappa shape index (κ2) is 4.55. The lowest BCUT2D eigenvalue weighted by Gasteiger charge is -2.54. The van der Waals surface area contributed by atoms with Gasteiger partial charge in [-0.2, -0.15) is 0 Å².